The summed E-state index contributed by atoms with van der Waals surface area (Å²) in [6.45, 7) is 7.99. The van der Waals surface area contributed by atoms with Crippen molar-refractivity contribution in [2.75, 3.05) is 13.7 Å². The van der Waals surface area contributed by atoms with E-state index in [1.807, 2.05) is 38.1 Å². The molecule has 2 rings (SSSR count). The minimum atomic E-state index is -3.65. The van der Waals surface area contributed by atoms with Crippen LogP contribution in [0.5, 0.6) is 5.75 Å². The van der Waals surface area contributed by atoms with E-state index in [0.29, 0.717) is 12.2 Å². The molecule has 2 aromatic carbocycles. The fraction of sp³-hybridized carbons (Fsp3) is 0.381. The van der Waals surface area contributed by atoms with Crippen molar-refractivity contribution < 1.29 is 17.9 Å². The van der Waals surface area contributed by atoms with E-state index in [0.717, 1.165) is 11.3 Å². The van der Waals surface area contributed by atoms with Gasteiger partial charge in [-0.05, 0) is 63.6 Å². The second-order valence-electron chi connectivity index (χ2n) is 6.84. The van der Waals surface area contributed by atoms with Gasteiger partial charge >= 0.3 is 0 Å². The van der Waals surface area contributed by atoms with Crippen molar-refractivity contribution in [3.63, 3.8) is 0 Å². The quantitative estimate of drug-likeness (QED) is 0.729. The topological polar surface area (TPSA) is 75.7 Å². The standard InChI is InChI=1S/C21H28N2O4S/c1-6-27-19-12-10-17(11-13-19)16(4)22-21(24)18-8-7-9-20(14-18)28(25,26)23(5)15(2)3/h7-16H,6H2,1-5H3,(H,22,24)/t16-/m0/s1. The van der Waals surface area contributed by atoms with Crippen molar-refractivity contribution in [1.82, 2.24) is 9.62 Å². The Labute approximate surface area is 167 Å². The fourth-order valence-electron chi connectivity index (χ4n) is 2.62. The highest BCUT2D eigenvalue weighted by atomic mass is 32.2. The van der Waals surface area contributed by atoms with Gasteiger partial charge in [0.2, 0.25) is 10.0 Å². The highest BCUT2D eigenvalue weighted by molar-refractivity contribution is 7.89. The van der Waals surface area contributed by atoms with Crippen molar-refractivity contribution in [3.05, 3.63) is 59.7 Å². The molecule has 28 heavy (non-hydrogen) atoms. The second kappa shape index (κ2) is 9.21. The van der Waals surface area contributed by atoms with E-state index in [9.17, 15) is 13.2 Å². The summed E-state index contributed by atoms with van der Waals surface area (Å²) in [5, 5.41) is 2.91. The number of carbonyl (C=O) groups is 1. The SMILES string of the molecule is CCOc1ccc([C@H](C)NC(=O)c2cccc(S(=O)(=O)N(C)C(C)C)c2)cc1. The minimum Gasteiger partial charge on any atom is -0.494 e. The molecular weight excluding hydrogens is 376 g/mol. The fourth-order valence-corrected chi connectivity index (χ4v) is 4.04. The van der Waals surface area contributed by atoms with Gasteiger partial charge in [-0.1, -0.05) is 18.2 Å². The number of amides is 1. The Hall–Kier alpha value is -2.38. The van der Waals surface area contributed by atoms with E-state index in [1.165, 1.54) is 23.5 Å². The molecule has 0 aliphatic rings. The summed E-state index contributed by atoms with van der Waals surface area (Å²) in [5.41, 5.74) is 1.23. The van der Waals surface area contributed by atoms with E-state index in [2.05, 4.69) is 5.32 Å². The van der Waals surface area contributed by atoms with Crippen LogP contribution in [0.25, 0.3) is 0 Å². The van der Waals surface area contributed by atoms with Gasteiger partial charge in [0.25, 0.3) is 5.91 Å². The summed E-state index contributed by atoms with van der Waals surface area (Å²) in [7, 11) is -2.12. The van der Waals surface area contributed by atoms with E-state index >= 15 is 0 Å². The van der Waals surface area contributed by atoms with Gasteiger partial charge in [0.1, 0.15) is 5.75 Å². The van der Waals surface area contributed by atoms with Crippen LogP contribution >= 0.6 is 0 Å². The van der Waals surface area contributed by atoms with E-state index in [1.54, 1.807) is 26.0 Å². The molecule has 152 valence electrons. The lowest BCUT2D eigenvalue weighted by Crippen LogP contribution is -2.33. The van der Waals surface area contributed by atoms with Crippen molar-refractivity contribution in [2.24, 2.45) is 0 Å². The van der Waals surface area contributed by atoms with Crippen molar-refractivity contribution in [1.29, 1.82) is 0 Å². The second-order valence-corrected chi connectivity index (χ2v) is 8.84. The summed E-state index contributed by atoms with van der Waals surface area (Å²) in [4.78, 5) is 12.7. The molecule has 0 unspecified atom stereocenters. The van der Waals surface area contributed by atoms with Gasteiger partial charge in [0, 0.05) is 18.7 Å². The molecule has 0 fully saturated rings. The Morgan fingerprint density at radius 2 is 1.75 bits per heavy atom. The van der Waals surface area contributed by atoms with E-state index in [-0.39, 0.29) is 22.9 Å². The molecule has 0 saturated carbocycles. The maximum atomic E-state index is 12.7. The highest BCUT2D eigenvalue weighted by Gasteiger charge is 2.24. The molecule has 1 atom stereocenters. The van der Waals surface area contributed by atoms with Gasteiger partial charge in [-0.25, -0.2) is 8.42 Å². The third-order valence-electron chi connectivity index (χ3n) is 4.54. The first-order valence-corrected chi connectivity index (χ1v) is 10.7. The third-order valence-corrected chi connectivity index (χ3v) is 6.57. The lowest BCUT2D eigenvalue weighted by Gasteiger charge is -2.21. The highest BCUT2D eigenvalue weighted by Crippen LogP contribution is 2.20. The van der Waals surface area contributed by atoms with Crippen LogP contribution in [0.2, 0.25) is 0 Å². The molecule has 0 bridgehead atoms. The van der Waals surface area contributed by atoms with Gasteiger partial charge < -0.3 is 10.1 Å². The van der Waals surface area contributed by atoms with Gasteiger partial charge in [-0.2, -0.15) is 4.31 Å². The molecule has 0 heterocycles. The zero-order valence-electron chi connectivity index (χ0n) is 17.0. The minimum absolute atomic E-state index is 0.102. The summed E-state index contributed by atoms with van der Waals surface area (Å²) in [6, 6.07) is 13.2. The number of carbonyl (C=O) groups excluding carboxylic acids is 1. The smallest absolute Gasteiger partial charge is 0.251 e. The lowest BCUT2D eigenvalue weighted by molar-refractivity contribution is 0.0939. The largest absolute Gasteiger partial charge is 0.494 e. The van der Waals surface area contributed by atoms with Crippen LogP contribution in [-0.2, 0) is 10.0 Å². The molecular formula is C21H28N2O4S. The van der Waals surface area contributed by atoms with E-state index in [4.69, 9.17) is 4.74 Å². The van der Waals surface area contributed by atoms with Crippen LogP contribution in [0.15, 0.2) is 53.4 Å². The number of ether oxygens (including phenoxy) is 1. The van der Waals surface area contributed by atoms with Crippen molar-refractivity contribution in [3.8, 4) is 5.75 Å². The maximum Gasteiger partial charge on any atom is 0.251 e. The Morgan fingerprint density at radius 3 is 2.32 bits per heavy atom. The Bertz CT molecular complexity index is 908. The zero-order chi connectivity index (χ0) is 20.9. The van der Waals surface area contributed by atoms with Crippen LogP contribution in [0.3, 0.4) is 0 Å². The third kappa shape index (κ3) is 5.11. The first kappa shape index (κ1) is 21.9. The molecule has 7 heteroatoms. The molecule has 0 aromatic heterocycles. The summed E-state index contributed by atoms with van der Waals surface area (Å²) in [6.07, 6.45) is 0. The monoisotopic (exact) mass is 404 g/mol. The number of rotatable bonds is 8. The van der Waals surface area contributed by atoms with Crippen molar-refractivity contribution >= 4 is 15.9 Å². The normalized spacial score (nSPS) is 12.8. The van der Waals surface area contributed by atoms with Gasteiger partial charge in [0.15, 0.2) is 0 Å². The Balaban J connectivity index is 2.16. The first-order chi connectivity index (χ1) is 13.2. The number of benzene rings is 2. The lowest BCUT2D eigenvalue weighted by atomic mass is 10.1. The Morgan fingerprint density at radius 1 is 1.11 bits per heavy atom. The molecule has 6 nitrogen and oxygen atoms in total. The molecule has 1 N–H and O–H groups in total. The van der Waals surface area contributed by atoms with Gasteiger partial charge in [-0.3, -0.25) is 4.79 Å². The summed E-state index contributed by atoms with van der Waals surface area (Å²) >= 11 is 0. The van der Waals surface area contributed by atoms with Crippen LogP contribution in [0.4, 0.5) is 0 Å². The first-order valence-electron chi connectivity index (χ1n) is 9.28. The molecule has 0 radical (unpaired) electrons. The van der Waals surface area contributed by atoms with Crippen LogP contribution in [-0.4, -0.2) is 38.3 Å². The average molecular weight is 405 g/mol. The predicted octanol–water partition coefficient (Wildman–Crippen LogP) is 3.61. The zero-order valence-corrected chi connectivity index (χ0v) is 17.8. The van der Waals surface area contributed by atoms with Gasteiger partial charge in [-0.15, -0.1) is 0 Å². The molecule has 1 amide bonds. The molecule has 0 aliphatic carbocycles. The average Bonchev–Trinajstić information content (AvgIpc) is 2.68. The molecule has 0 aliphatic heterocycles. The number of nitrogens with zero attached hydrogens (tertiary/aromatic N) is 1. The number of nitrogens with one attached hydrogen (secondary N) is 1. The summed E-state index contributed by atoms with van der Waals surface area (Å²) < 4.78 is 32.0. The molecule has 0 spiro atoms. The molecule has 0 saturated heterocycles. The number of hydrogen-bond acceptors (Lipinski definition) is 4. The van der Waals surface area contributed by atoms with Crippen LogP contribution in [0.1, 0.15) is 49.7 Å². The van der Waals surface area contributed by atoms with Crippen molar-refractivity contribution in [2.45, 2.75) is 44.7 Å². The molecule has 2 aromatic rings. The Kier molecular flexibility index (Phi) is 7.21. The summed E-state index contributed by atoms with van der Waals surface area (Å²) in [5.74, 6) is 0.447. The predicted molar refractivity (Wildman–Crippen MR) is 110 cm³/mol. The number of hydrogen-bond donors (Lipinski definition) is 1. The van der Waals surface area contributed by atoms with E-state index < -0.39 is 10.0 Å². The van der Waals surface area contributed by atoms with Gasteiger partial charge in [0.05, 0.1) is 17.5 Å². The van der Waals surface area contributed by atoms with Crippen LogP contribution < -0.4 is 10.1 Å². The van der Waals surface area contributed by atoms with Crippen LogP contribution in [0, 0.1) is 0 Å². The number of sulfonamides is 1. The maximum absolute atomic E-state index is 12.7.